The molecule has 1 unspecified atom stereocenters. The first-order chi connectivity index (χ1) is 10.5. The lowest BCUT2D eigenvalue weighted by molar-refractivity contribution is -0.427. The summed E-state index contributed by atoms with van der Waals surface area (Å²) in [5.74, 6) is -0.0324. The first-order valence-electron chi connectivity index (χ1n) is 7.64. The smallest absolute Gasteiger partial charge is 0.279 e. The van der Waals surface area contributed by atoms with Crippen molar-refractivity contribution in [3.8, 4) is 0 Å². The minimum atomic E-state index is -0.0721. The molecule has 1 N–H and O–H groups in total. The summed E-state index contributed by atoms with van der Waals surface area (Å²) in [6.07, 6.45) is 0.416. The number of rotatable bonds is 5. The van der Waals surface area contributed by atoms with Gasteiger partial charge in [0.05, 0.1) is 5.71 Å². The topological polar surface area (TPSA) is 64.8 Å². The van der Waals surface area contributed by atoms with E-state index in [-0.39, 0.29) is 11.8 Å². The van der Waals surface area contributed by atoms with E-state index in [4.69, 9.17) is 0 Å². The molecule has 0 saturated heterocycles. The standard InChI is InChI=1S/C16H22N4O2/c1-5-20(6-2)13-8-7-12(10-14(13)19(4)22)16-11(3)9-15(21)17-18-16/h7-8,10-11H,5-6,9H2,1-4H3/p+1. The Morgan fingerprint density at radius 2 is 2.05 bits per heavy atom. The second-order valence-electron chi connectivity index (χ2n) is 5.51. The van der Waals surface area contributed by atoms with Gasteiger partial charge in [0.1, 0.15) is 5.69 Å². The fourth-order valence-electron chi connectivity index (χ4n) is 2.77. The number of carbonyl (C=O) groups is 1. The van der Waals surface area contributed by atoms with Crippen LogP contribution in [0.5, 0.6) is 0 Å². The molecule has 1 aliphatic heterocycles. The van der Waals surface area contributed by atoms with E-state index in [1.807, 2.05) is 25.1 Å². The Balaban J connectivity index is 2.46. The molecule has 1 aliphatic rings. The second kappa shape index (κ2) is 6.68. The van der Waals surface area contributed by atoms with Gasteiger partial charge in [0.2, 0.25) is 5.91 Å². The number of benzene rings is 1. The SMILES string of the molecule is CCN(CC)c1ccc(C2=NNC(=O)CC2C)cc1[N+](C)=O. The average molecular weight is 303 g/mol. The van der Waals surface area contributed by atoms with Crippen LogP contribution in [0, 0.1) is 10.8 Å². The predicted octanol–water partition coefficient (Wildman–Crippen LogP) is 2.43. The lowest BCUT2D eigenvalue weighted by atomic mass is 9.93. The van der Waals surface area contributed by atoms with Crippen molar-refractivity contribution in [1.29, 1.82) is 0 Å². The molecule has 6 heteroatoms. The lowest BCUT2D eigenvalue weighted by Gasteiger charge is -2.22. The monoisotopic (exact) mass is 303 g/mol. The van der Waals surface area contributed by atoms with Crippen LogP contribution < -0.4 is 10.3 Å². The zero-order chi connectivity index (χ0) is 16.3. The summed E-state index contributed by atoms with van der Waals surface area (Å²) in [6, 6.07) is 5.78. The second-order valence-corrected chi connectivity index (χ2v) is 5.51. The highest BCUT2D eigenvalue weighted by atomic mass is 16.3. The summed E-state index contributed by atoms with van der Waals surface area (Å²) in [5.41, 5.74) is 5.74. The Morgan fingerprint density at radius 1 is 1.36 bits per heavy atom. The zero-order valence-electron chi connectivity index (χ0n) is 13.6. The Morgan fingerprint density at radius 3 is 2.59 bits per heavy atom. The minimum Gasteiger partial charge on any atom is -0.367 e. The van der Waals surface area contributed by atoms with Crippen LogP contribution in [0.25, 0.3) is 0 Å². The maximum absolute atomic E-state index is 12.0. The van der Waals surface area contributed by atoms with Crippen molar-refractivity contribution >= 4 is 23.0 Å². The summed E-state index contributed by atoms with van der Waals surface area (Å²) in [7, 11) is 1.50. The van der Waals surface area contributed by atoms with E-state index in [1.165, 1.54) is 7.05 Å². The van der Waals surface area contributed by atoms with Gasteiger partial charge in [0.15, 0.2) is 7.05 Å². The maximum atomic E-state index is 12.0. The molecule has 2 rings (SSSR count). The van der Waals surface area contributed by atoms with Crippen LogP contribution in [0.1, 0.15) is 32.8 Å². The van der Waals surface area contributed by atoms with Gasteiger partial charge in [-0.05, 0) is 19.9 Å². The number of nitrogens with zero attached hydrogens (tertiary/aromatic N) is 3. The van der Waals surface area contributed by atoms with Crippen LogP contribution in [0.15, 0.2) is 23.3 Å². The van der Waals surface area contributed by atoms with Gasteiger partial charge in [-0.1, -0.05) is 13.0 Å². The van der Waals surface area contributed by atoms with Crippen molar-refractivity contribution in [3.63, 3.8) is 0 Å². The molecule has 1 aromatic carbocycles. The molecular formula is C16H23N4O2+. The van der Waals surface area contributed by atoms with Crippen LogP contribution in [-0.4, -0.2) is 36.5 Å². The van der Waals surface area contributed by atoms with Crippen molar-refractivity contribution in [2.45, 2.75) is 27.2 Å². The Bertz CT molecular complexity index is 621. The summed E-state index contributed by atoms with van der Waals surface area (Å²) in [4.78, 5) is 25.5. The normalized spacial score (nSPS) is 17.7. The van der Waals surface area contributed by atoms with Gasteiger partial charge in [0, 0.05) is 46.7 Å². The lowest BCUT2D eigenvalue weighted by Crippen LogP contribution is -2.32. The van der Waals surface area contributed by atoms with E-state index in [0.717, 1.165) is 34.8 Å². The third-order valence-corrected chi connectivity index (χ3v) is 3.97. The molecule has 0 spiro atoms. The number of hydrogen-bond donors (Lipinski definition) is 1. The summed E-state index contributed by atoms with van der Waals surface area (Å²) >= 11 is 0. The van der Waals surface area contributed by atoms with Gasteiger partial charge in [-0.25, -0.2) is 5.43 Å². The largest absolute Gasteiger partial charge is 0.367 e. The van der Waals surface area contributed by atoms with Crippen molar-refractivity contribution < 1.29 is 9.55 Å². The summed E-state index contributed by atoms with van der Waals surface area (Å²) in [5, 5.41) is 4.16. The molecule has 1 amide bonds. The minimum absolute atomic E-state index is 0.0397. The number of amides is 1. The third kappa shape index (κ3) is 3.16. The summed E-state index contributed by atoms with van der Waals surface area (Å²) < 4.78 is 0.879. The molecule has 0 saturated carbocycles. The zero-order valence-corrected chi connectivity index (χ0v) is 13.6. The van der Waals surface area contributed by atoms with Crippen LogP contribution in [-0.2, 0) is 4.79 Å². The van der Waals surface area contributed by atoms with Crippen molar-refractivity contribution in [3.05, 3.63) is 28.7 Å². The Labute approximate surface area is 130 Å². The number of hydrazone groups is 1. The first-order valence-corrected chi connectivity index (χ1v) is 7.64. The molecule has 0 fully saturated rings. The molecule has 6 nitrogen and oxygen atoms in total. The first kappa shape index (κ1) is 16.1. The van der Waals surface area contributed by atoms with Crippen molar-refractivity contribution in [2.24, 2.45) is 11.0 Å². The van der Waals surface area contributed by atoms with Gasteiger partial charge >= 0.3 is 0 Å². The van der Waals surface area contributed by atoms with E-state index >= 15 is 0 Å². The van der Waals surface area contributed by atoms with Gasteiger partial charge in [-0.15, -0.1) is 0 Å². The third-order valence-electron chi connectivity index (χ3n) is 3.97. The molecular weight excluding hydrogens is 280 g/mol. The van der Waals surface area contributed by atoms with Crippen LogP contribution in [0.4, 0.5) is 11.4 Å². The van der Waals surface area contributed by atoms with Gasteiger partial charge in [0.25, 0.3) is 5.69 Å². The highest BCUT2D eigenvalue weighted by Crippen LogP contribution is 2.30. The predicted molar refractivity (Wildman–Crippen MR) is 87.7 cm³/mol. The van der Waals surface area contributed by atoms with E-state index in [9.17, 15) is 9.70 Å². The molecule has 118 valence electrons. The van der Waals surface area contributed by atoms with Crippen molar-refractivity contribution in [2.75, 3.05) is 25.0 Å². The molecule has 0 bridgehead atoms. The van der Waals surface area contributed by atoms with Crippen LogP contribution in [0.3, 0.4) is 0 Å². The number of anilines is 1. The number of carbonyl (C=O) groups excluding carboxylic acids is 1. The fraction of sp³-hybridized carbons (Fsp3) is 0.500. The molecule has 1 aromatic rings. The van der Waals surface area contributed by atoms with Crippen LogP contribution >= 0.6 is 0 Å². The Kier molecular flexibility index (Phi) is 4.90. The fourth-order valence-corrected chi connectivity index (χ4v) is 2.77. The Hall–Kier alpha value is -2.24. The molecule has 1 atom stereocenters. The average Bonchev–Trinajstić information content (AvgIpc) is 2.49. The molecule has 0 radical (unpaired) electrons. The molecule has 0 aliphatic carbocycles. The number of nitrogens with one attached hydrogen (secondary N) is 1. The van der Waals surface area contributed by atoms with E-state index in [0.29, 0.717) is 12.1 Å². The quantitative estimate of drug-likeness (QED) is 0.850. The van der Waals surface area contributed by atoms with E-state index in [2.05, 4.69) is 29.3 Å². The van der Waals surface area contributed by atoms with Gasteiger partial charge in [-0.2, -0.15) is 5.10 Å². The highest BCUT2D eigenvalue weighted by Gasteiger charge is 2.25. The van der Waals surface area contributed by atoms with E-state index < -0.39 is 0 Å². The van der Waals surface area contributed by atoms with E-state index in [1.54, 1.807) is 0 Å². The number of hydrogen-bond acceptors (Lipinski definition) is 4. The molecule has 1 heterocycles. The van der Waals surface area contributed by atoms with Crippen molar-refractivity contribution in [1.82, 2.24) is 5.43 Å². The molecule has 0 aromatic heterocycles. The number of nitroso groups, excluding NO2 is 1. The van der Waals surface area contributed by atoms with Crippen LogP contribution in [0.2, 0.25) is 0 Å². The summed E-state index contributed by atoms with van der Waals surface area (Å²) in [6.45, 7) is 7.77. The maximum Gasteiger partial charge on any atom is 0.279 e. The molecule has 22 heavy (non-hydrogen) atoms. The van der Waals surface area contributed by atoms with Gasteiger partial charge in [-0.3, -0.25) is 4.79 Å². The highest BCUT2D eigenvalue weighted by molar-refractivity contribution is 6.06. The van der Waals surface area contributed by atoms with Gasteiger partial charge < -0.3 is 4.90 Å².